The van der Waals surface area contributed by atoms with E-state index in [9.17, 15) is 0 Å². The summed E-state index contributed by atoms with van der Waals surface area (Å²) in [7, 11) is 0. The molecule has 0 aliphatic rings. The molecule has 1 nitrogen and oxygen atoms in total. The number of benzene rings is 1. The number of rotatable bonds is 1. The van der Waals surface area contributed by atoms with E-state index in [0.717, 1.165) is 12.8 Å². The van der Waals surface area contributed by atoms with Crippen LogP contribution in [0.1, 0.15) is 0 Å². The Bertz CT molecular complexity index is 335. The van der Waals surface area contributed by atoms with Crippen LogP contribution >= 0.6 is 80.0 Å². The van der Waals surface area contributed by atoms with E-state index in [2.05, 4.69) is 102 Å². The summed E-state index contributed by atoms with van der Waals surface area (Å²) in [6, 6.07) is 4.13. The number of isothiocyanates is 1. The van der Waals surface area contributed by atoms with Gasteiger partial charge in [-0.2, -0.15) is 4.99 Å². The first kappa shape index (κ1) is 11.3. The average molecular weight is 513 g/mol. The second-order valence-corrected chi connectivity index (χ2v) is 5.67. The highest BCUT2D eigenvalue weighted by Gasteiger charge is 2.04. The van der Waals surface area contributed by atoms with E-state index in [0.29, 0.717) is 0 Å². The van der Waals surface area contributed by atoms with Crippen LogP contribution in [-0.4, -0.2) is 5.16 Å². The molecule has 0 saturated carbocycles. The number of hydrogen-bond acceptors (Lipinski definition) is 2. The second kappa shape index (κ2) is 5.18. The predicted molar refractivity (Wildman–Crippen MR) is 79.3 cm³/mol. The molecule has 0 aliphatic carbocycles. The van der Waals surface area contributed by atoms with Crippen molar-refractivity contribution in [2.24, 2.45) is 4.99 Å². The van der Waals surface area contributed by atoms with E-state index in [-0.39, 0.29) is 0 Å². The lowest BCUT2D eigenvalue weighted by Crippen LogP contribution is -1.81. The van der Waals surface area contributed by atoms with Gasteiger partial charge in [-0.25, -0.2) is 0 Å². The average Bonchev–Trinajstić information content (AvgIpc) is 1.96. The Balaban J connectivity index is 3.37. The van der Waals surface area contributed by atoms with Crippen LogP contribution in [0.3, 0.4) is 0 Å². The van der Waals surface area contributed by atoms with Crippen LogP contribution in [-0.2, 0) is 0 Å². The molecule has 1 aromatic carbocycles. The molecular formula is C7H2I3NS. The molecule has 62 valence electrons. The molecule has 0 unspecified atom stereocenters. The minimum absolute atomic E-state index is 0.923. The highest BCUT2D eigenvalue weighted by atomic mass is 127. The van der Waals surface area contributed by atoms with E-state index in [1.807, 2.05) is 0 Å². The van der Waals surface area contributed by atoms with Gasteiger partial charge >= 0.3 is 0 Å². The van der Waals surface area contributed by atoms with Gasteiger partial charge in [0.25, 0.3) is 0 Å². The number of aliphatic imine (C=N–C) groups is 1. The molecule has 0 heterocycles. The Labute approximate surface area is 117 Å². The zero-order valence-corrected chi connectivity index (χ0v) is 12.9. The van der Waals surface area contributed by atoms with Crippen molar-refractivity contribution in [3.05, 3.63) is 22.8 Å². The summed E-state index contributed by atoms with van der Waals surface area (Å²) in [4.78, 5) is 3.99. The Hall–Kier alpha value is 1.21. The highest BCUT2D eigenvalue weighted by molar-refractivity contribution is 14.1. The summed E-state index contributed by atoms with van der Waals surface area (Å²) in [5.41, 5.74) is 0.923. The third-order valence-corrected chi connectivity index (χ3v) is 3.50. The van der Waals surface area contributed by atoms with Crippen molar-refractivity contribution in [3.63, 3.8) is 0 Å². The van der Waals surface area contributed by atoms with Gasteiger partial charge < -0.3 is 0 Å². The highest BCUT2D eigenvalue weighted by Crippen LogP contribution is 2.29. The zero-order chi connectivity index (χ0) is 9.14. The van der Waals surface area contributed by atoms with Crippen LogP contribution in [0.15, 0.2) is 17.1 Å². The predicted octanol–water partition coefficient (Wildman–Crippen LogP) is 4.23. The van der Waals surface area contributed by atoms with Crippen molar-refractivity contribution in [1.29, 1.82) is 0 Å². The summed E-state index contributed by atoms with van der Waals surface area (Å²) in [5.74, 6) is 0. The van der Waals surface area contributed by atoms with Gasteiger partial charge in [0.1, 0.15) is 5.69 Å². The van der Waals surface area contributed by atoms with Gasteiger partial charge in [-0.1, -0.05) is 0 Å². The van der Waals surface area contributed by atoms with Gasteiger partial charge in [-0.15, -0.1) is 0 Å². The maximum absolute atomic E-state index is 4.56. The standard InChI is InChI=1S/C7H2I3NS/c8-4-1-5(9)7(11-3-12)6(10)2-4/h1-2H. The molecule has 1 rings (SSSR count). The lowest BCUT2D eigenvalue weighted by atomic mass is 10.3. The Morgan fingerprint density at radius 3 is 2.08 bits per heavy atom. The summed E-state index contributed by atoms with van der Waals surface area (Å²) in [6.07, 6.45) is 0. The quantitative estimate of drug-likeness (QED) is 0.312. The van der Waals surface area contributed by atoms with Gasteiger partial charge in [-0.05, 0) is 92.1 Å². The van der Waals surface area contributed by atoms with Gasteiger partial charge in [0.2, 0.25) is 0 Å². The fraction of sp³-hybridized carbons (Fsp3) is 0. The van der Waals surface area contributed by atoms with Crippen LogP contribution in [0.25, 0.3) is 0 Å². The number of thiocarbonyl (C=S) groups is 1. The van der Waals surface area contributed by atoms with Crippen LogP contribution < -0.4 is 0 Å². The molecule has 0 aliphatic heterocycles. The fourth-order valence-electron chi connectivity index (χ4n) is 0.687. The molecule has 1 aromatic rings. The molecule has 0 aromatic heterocycles. The molecule has 0 spiro atoms. The topological polar surface area (TPSA) is 12.4 Å². The number of halogens is 3. The Morgan fingerprint density at radius 2 is 1.67 bits per heavy atom. The van der Waals surface area contributed by atoms with Crippen LogP contribution in [0.2, 0.25) is 0 Å². The minimum atomic E-state index is 0.923. The second-order valence-electron chi connectivity index (χ2n) is 1.92. The fourth-order valence-corrected chi connectivity index (χ4v) is 4.60. The Kier molecular flexibility index (Phi) is 4.87. The molecule has 0 radical (unpaired) electrons. The molecule has 5 heteroatoms. The van der Waals surface area contributed by atoms with Crippen molar-refractivity contribution < 1.29 is 0 Å². The summed E-state index contributed by atoms with van der Waals surface area (Å²) in [5, 5.41) is 2.38. The molecule has 0 amide bonds. The molecule has 0 atom stereocenters. The van der Waals surface area contributed by atoms with Crippen LogP contribution in [0.5, 0.6) is 0 Å². The third kappa shape index (κ3) is 2.86. The summed E-state index contributed by atoms with van der Waals surface area (Å²) < 4.78 is 3.44. The monoisotopic (exact) mass is 513 g/mol. The number of nitrogens with zero attached hydrogens (tertiary/aromatic N) is 1. The maximum Gasteiger partial charge on any atom is 0.101 e. The van der Waals surface area contributed by atoms with Crippen molar-refractivity contribution in [1.82, 2.24) is 0 Å². The molecule has 0 N–H and O–H groups in total. The summed E-state index contributed by atoms with van der Waals surface area (Å²) >= 11 is 11.3. The third-order valence-electron chi connectivity index (χ3n) is 1.14. The first-order valence-corrected chi connectivity index (χ1v) is 6.52. The molecule has 0 fully saturated rings. The first-order chi connectivity index (χ1) is 5.65. The van der Waals surface area contributed by atoms with Gasteiger partial charge in [0.15, 0.2) is 0 Å². The minimum Gasteiger partial charge on any atom is -0.192 e. The van der Waals surface area contributed by atoms with E-state index in [1.54, 1.807) is 0 Å². The number of hydrogen-bond donors (Lipinski definition) is 0. The largest absolute Gasteiger partial charge is 0.192 e. The van der Waals surface area contributed by atoms with Crippen molar-refractivity contribution in [3.8, 4) is 0 Å². The molecular weight excluding hydrogens is 511 g/mol. The van der Waals surface area contributed by atoms with Crippen molar-refractivity contribution >= 4 is 90.8 Å². The first-order valence-electron chi connectivity index (χ1n) is 2.87. The van der Waals surface area contributed by atoms with E-state index in [1.165, 1.54) is 3.57 Å². The van der Waals surface area contributed by atoms with E-state index >= 15 is 0 Å². The van der Waals surface area contributed by atoms with Gasteiger partial charge in [0, 0.05) is 10.7 Å². The molecule has 0 saturated heterocycles. The normalized spacial score (nSPS) is 9.25. The lowest BCUT2D eigenvalue weighted by Gasteiger charge is -2.00. The van der Waals surface area contributed by atoms with Crippen molar-refractivity contribution in [2.75, 3.05) is 0 Å². The van der Waals surface area contributed by atoms with Gasteiger partial charge in [0.05, 0.1) is 5.16 Å². The molecule has 12 heavy (non-hydrogen) atoms. The molecule has 0 bridgehead atoms. The van der Waals surface area contributed by atoms with Gasteiger partial charge in [-0.3, -0.25) is 0 Å². The zero-order valence-electron chi connectivity index (χ0n) is 5.64. The summed E-state index contributed by atoms with van der Waals surface area (Å²) in [6.45, 7) is 0. The maximum atomic E-state index is 4.56. The van der Waals surface area contributed by atoms with Crippen LogP contribution in [0.4, 0.5) is 5.69 Å². The van der Waals surface area contributed by atoms with Crippen LogP contribution in [0, 0.1) is 10.7 Å². The van der Waals surface area contributed by atoms with E-state index < -0.39 is 0 Å². The van der Waals surface area contributed by atoms with Crippen molar-refractivity contribution in [2.45, 2.75) is 0 Å². The Morgan fingerprint density at radius 1 is 1.17 bits per heavy atom. The SMILES string of the molecule is S=C=Nc1c(I)cc(I)cc1I. The smallest absolute Gasteiger partial charge is 0.101 e. The lowest BCUT2D eigenvalue weighted by molar-refractivity contribution is 1.45. The van der Waals surface area contributed by atoms with E-state index in [4.69, 9.17) is 0 Å².